The van der Waals surface area contributed by atoms with E-state index in [1.54, 1.807) is 35.2 Å². The molecule has 0 spiro atoms. The first-order valence-corrected chi connectivity index (χ1v) is 5.23. The van der Waals surface area contributed by atoms with Gasteiger partial charge in [-0.25, -0.2) is 9.37 Å². The zero-order valence-corrected chi connectivity index (χ0v) is 9.31. The van der Waals surface area contributed by atoms with Gasteiger partial charge in [0, 0.05) is 18.4 Å². The molecule has 0 bridgehead atoms. The normalized spacial score (nSPS) is 10.8. The van der Waals surface area contributed by atoms with Gasteiger partial charge in [0.05, 0.1) is 5.69 Å². The van der Waals surface area contributed by atoms with E-state index in [1.807, 2.05) is 13.8 Å². The standard InChI is InChI=1S/C12H14FN3/c1-9(2)15-12-14-7-8-16(12)11-6-4-3-5-10(11)13/h3-9H,1-2H3,(H,14,15). The van der Waals surface area contributed by atoms with Gasteiger partial charge in [-0.1, -0.05) is 12.1 Å². The van der Waals surface area contributed by atoms with Crippen molar-refractivity contribution in [2.24, 2.45) is 0 Å². The van der Waals surface area contributed by atoms with Crippen LogP contribution in [-0.2, 0) is 0 Å². The summed E-state index contributed by atoms with van der Waals surface area (Å²) >= 11 is 0. The van der Waals surface area contributed by atoms with Gasteiger partial charge < -0.3 is 5.32 Å². The smallest absolute Gasteiger partial charge is 0.207 e. The summed E-state index contributed by atoms with van der Waals surface area (Å²) in [7, 11) is 0. The lowest BCUT2D eigenvalue weighted by Gasteiger charge is -2.12. The number of imidazole rings is 1. The van der Waals surface area contributed by atoms with Crippen LogP contribution in [0.4, 0.5) is 10.3 Å². The third kappa shape index (κ3) is 2.05. The summed E-state index contributed by atoms with van der Waals surface area (Å²) in [6, 6.07) is 6.90. The summed E-state index contributed by atoms with van der Waals surface area (Å²) < 4.78 is 15.3. The Bertz CT molecular complexity index is 477. The SMILES string of the molecule is CC(C)Nc1nccn1-c1ccccc1F. The molecule has 0 saturated heterocycles. The molecule has 84 valence electrons. The summed E-state index contributed by atoms with van der Waals surface area (Å²) in [5.41, 5.74) is 0.503. The summed E-state index contributed by atoms with van der Waals surface area (Å²) in [4.78, 5) is 4.16. The van der Waals surface area contributed by atoms with Crippen molar-refractivity contribution in [3.63, 3.8) is 0 Å². The Kier molecular flexibility index (Phi) is 2.90. The largest absolute Gasteiger partial charge is 0.353 e. The molecule has 0 radical (unpaired) electrons. The number of anilines is 1. The van der Waals surface area contributed by atoms with Gasteiger partial charge in [-0.2, -0.15) is 0 Å². The predicted molar refractivity (Wildman–Crippen MR) is 62.3 cm³/mol. The minimum Gasteiger partial charge on any atom is -0.353 e. The number of halogens is 1. The molecule has 2 rings (SSSR count). The molecule has 4 heteroatoms. The maximum atomic E-state index is 13.6. The average Bonchev–Trinajstić information content (AvgIpc) is 2.66. The van der Waals surface area contributed by atoms with Gasteiger partial charge in [0.15, 0.2) is 0 Å². The molecule has 0 fully saturated rings. The van der Waals surface area contributed by atoms with Gasteiger partial charge in [0.1, 0.15) is 5.82 Å². The Hall–Kier alpha value is -1.84. The van der Waals surface area contributed by atoms with Crippen LogP contribution in [0.15, 0.2) is 36.7 Å². The third-order valence-electron chi connectivity index (χ3n) is 2.17. The summed E-state index contributed by atoms with van der Waals surface area (Å²) in [5, 5.41) is 3.16. The van der Waals surface area contributed by atoms with Crippen LogP contribution >= 0.6 is 0 Å². The Labute approximate surface area is 93.9 Å². The number of para-hydroxylation sites is 1. The van der Waals surface area contributed by atoms with Crippen molar-refractivity contribution in [1.29, 1.82) is 0 Å². The van der Waals surface area contributed by atoms with Crippen LogP contribution in [0, 0.1) is 5.82 Å². The van der Waals surface area contributed by atoms with Crippen LogP contribution in [0.1, 0.15) is 13.8 Å². The quantitative estimate of drug-likeness (QED) is 0.860. The molecule has 1 N–H and O–H groups in total. The van der Waals surface area contributed by atoms with Gasteiger partial charge in [0.25, 0.3) is 0 Å². The van der Waals surface area contributed by atoms with E-state index in [1.165, 1.54) is 6.07 Å². The molecule has 0 saturated carbocycles. The van der Waals surface area contributed by atoms with Gasteiger partial charge in [-0.3, -0.25) is 4.57 Å². The van der Waals surface area contributed by atoms with Gasteiger partial charge in [-0.15, -0.1) is 0 Å². The highest BCUT2D eigenvalue weighted by Crippen LogP contribution is 2.17. The summed E-state index contributed by atoms with van der Waals surface area (Å²) in [6.45, 7) is 4.03. The molecule has 0 aliphatic rings. The highest BCUT2D eigenvalue weighted by Gasteiger charge is 2.08. The fourth-order valence-electron chi connectivity index (χ4n) is 1.51. The van der Waals surface area contributed by atoms with E-state index in [0.29, 0.717) is 11.6 Å². The van der Waals surface area contributed by atoms with Crippen molar-refractivity contribution in [1.82, 2.24) is 9.55 Å². The van der Waals surface area contributed by atoms with Crippen molar-refractivity contribution in [3.05, 3.63) is 42.5 Å². The molecule has 0 unspecified atom stereocenters. The summed E-state index contributed by atoms with van der Waals surface area (Å²) in [6.07, 6.45) is 3.39. The number of benzene rings is 1. The van der Waals surface area contributed by atoms with E-state index in [9.17, 15) is 4.39 Å². The average molecular weight is 219 g/mol. The highest BCUT2D eigenvalue weighted by atomic mass is 19.1. The zero-order valence-electron chi connectivity index (χ0n) is 9.31. The Morgan fingerprint density at radius 2 is 2.06 bits per heavy atom. The van der Waals surface area contributed by atoms with E-state index in [0.717, 1.165) is 0 Å². The number of aromatic nitrogens is 2. The molecule has 1 aromatic heterocycles. The molecule has 16 heavy (non-hydrogen) atoms. The van der Waals surface area contributed by atoms with E-state index >= 15 is 0 Å². The van der Waals surface area contributed by atoms with Crippen LogP contribution in [0.3, 0.4) is 0 Å². The number of rotatable bonds is 3. The van der Waals surface area contributed by atoms with E-state index in [2.05, 4.69) is 10.3 Å². The Balaban J connectivity index is 2.41. The lowest BCUT2D eigenvalue weighted by atomic mass is 10.3. The highest BCUT2D eigenvalue weighted by molar-refractivity contribution is 5.42. The maximum absolute atomic E-state index is 13.6. The van der Waals surface area contributed by atoms with Crippen LogP contribution < -0.4 is 5.32 Å². The maximum Gasteiger partial charge on any atom is 0.207 e. The van der Waals surface area contributed by atoms with Crippen LogP contribution in [0.5, 0.6) is 0 Å². The molecular weight excluding hydrogens is 205 g/mol. The minimum atomic E-state index is -0.257. The van der Waals surface area contributed by atoms with Crippen molar-refractivity contribution in [2.45, 2.75) is 19.9 Å². The van der Waals surface area contributed by atoms with Crippen LogP contribution in [0.2, 0.25) is 0 Å². The molecule has 1 heterocycles. The first-order valence-electron chi connectivity index (χ1n) is 5.23. The van der Waals surface area contributed by atoms with E-state index in [-0.39, 0.29) is 11.9 Å². The Morgan fingerprint density at radius 1 is 1.31 bits per heavy atom. The number of nitrogens with one attached hydrogen (secondary N) is 1. The van der Waals surface area contributed by atoms with Crippen molar-refractivity contribution >= 4 is 5.95 Å². The minimum absolute atomic E-state index is 0.257. The first-order chi connectivity index (χ1) is 7.68. The number of nitrogens with zero attached hydrogens (tertiary/aromatic N) is 2. The summed E-state index contributed by atoms with van der Waals surface area (Å²) in [5.74, 6) is 0.396. The predicted octanol–water partition coefficient (Wildman–Crippen LogP) is 2.83. The first kappa shape index (κ1) is 10.7. The lowest BCUT2D eigenvalue weighted by molar-refractivity contribution is 0.618. The molecule has 0 atom stereocenters. The van der Waals surface area contributed by atoms with Gasteiger partial charge in [0.2, 0.25) is 5.95 Å². The molecule has 1 aromatic carbocycles. The third-order valence-corrected chi connectivity index (χ3v) is 2.17. The monoisotopic (exact) mass is 219 g/mol. The Morgan fingerprint density at radius 3 is 2.75 bits per heavy atom. The van der Waals surface area contributed by atoms with Crippen molar-refractivity contribution < 1.29 is 4.39 Å². The van der Waals surface area contributed by atoms with Crippen molar-refractivity contribution in [2.75, 3.05) is 5.32 Å². The van der Waals surface area contributed by atoms with Gasteiger partial charge >= 0.3 is 0 Å². The van der Waals surface area contributed by atoms with Gasteiger partial charge in [-0.05, 0) is 26.0 Å². The van der Waals surface area contributed by atoms with E-state index in [4.69, 9.17) is 0 Å². The van der Waals surface area contributed by atoms with E-state index < -0.39 is 0 Å². The second-order valence-corrected chi connectivity index (χ2v) is 3.87. The molecule has 0 aliphatic carbocycles. The van der Waals surface area contributed by atoms with Crippen LogP contribution in [-0.4, -0.2) is 15.6 Å². The second kappa shape index (κ2) is 4.35. The molecule has 0 amide bonds. The topological polar surface area (TPSA) is 29.9 Å². The van der Waals surface area contributed by atoms with Crippen LogP contribution in [0.25, 0.3) is 5.69 Å². The fourth-order valence-corrected chi connectivity index (χ4v) is 1.51. The number of hydrogen-bond donors (Lipinski definition) is 1. The molecular formula is C12H14FN3. The molecule has 3 nitrogen and oxygen atoms in total. The lowest BCUT2D eigenvalue weighted by Crippen LogP contribution is -2.14. The zero-order chi connectivity index (χ0) is 11.5. The van der Waals surface area contributed by atoms with Crippen molar-refractivity contribution in [3.8, 4) is 5.69 Å². The molecule has 0 aliphatic heterocycles. The molecule has 2 aromatic rings. The number of hydrogen-bond acceptors (Lipinski definition) is 2. The second-order valence-electron chi connectivity index (χ2n) is 3.87. The fraction of sp³-hybridized carbons (Fsp3) is 0.250.